The Bertz CT molecular complexity index is 502. The fourth-order valence-electron chi connectivity index (χ4n) is 1.62. The fourth-order valence-corrected chi connectivity index (χ4v) is 1.72. The summed E-state index contributed by atoms with van der Waals surface area (Å²) in [6.07, 6.45) is 3.98. The smallest absolute Gasteiger partial charge is 0.222 e. The Morgan fingerprint density at radius 2 is 1.94 bits per heavy atom. The number of anilines is 1. The third kappa shape index (κ3) is 3.34. The summed E-state index contributed by atoms with van der Waals surface area (Å²) in [5, 5.41) is 3.67. The number of halogens is 1. The summed E-state index contributed by atoms with van der Waals surface area (Å²) in [5.41, 5.74) is 1.15. The molecular weight excluding hydrogens is 250 g/mol. The van der Waals surface area contributed by atoms with E-state index in [1.54, 1.807) is 19.5 Å². The van der Waals surface area contributed by atoms with Crippen molar-refractivity contribution in [2.75, 3.05) is 19.0 Å². The van der Waals surface area contributed by atoms with Crippen LogP contribution in [0.4, 0.5) is 5.95 Å². The van der Waals surface area contributed by atoms with Crippen molar-refractivity contribution in [2.24, 2.45) is 0 Å². The first-order chi connectivity index (χ1) is 8.79. The molecule has 0 atom stereocenters. The molecule has 0 radical (unpaired) electrons. The van der Waals surface area contributed by atoms with Crippen LogP contribution in [-0.2, 0) is 6.42 Å². The van der Waals surface area contributed by atoms with E-state index >= 15 is 0 Å². The normalized spacial score (nSPS) is 10.1. The summed E-state index contributed by atoms with van der Waals surface area (Å²) in [7, 11) is 1.68. The van der Waals surface area contributed by atoms with Gasteiger partial charge in [0.2, 0.25) is 5.95 Å². The Labute approximate surface area is 111 Å². The summed E-state index contributed by atoms with van der Waals surface area (Å²) in [6.45, 7) is 0.738. The first-order valence-corrected chi connectivity index (χ1v) is 6.00. The van der Waals surface area contributed by atoms with Crippen molar-refractivity contribution in [1.29, 1.82) is 0 Å². The molecule has 0 bridgehead atoms. The lowest BCUT2D eigenvalue weighted by molar-refractivity contribution is 0.410. The zero-order valence-corrected chi connectivity index (χ0v) is 10.8. The molecule has 0 aliphatic heterocycles. The van der Waals surface area contributed by atoms with Crippen LogP contribution in [0.2, 0.25) is 5.02 Å². The largest absolute Gasteiger partial charge is 0.496 e. The van der Waals surface area contributed by atoms with E-state index in [4.69, 9.17) is 16.3 Å². The van der Waals surface area contributed by atoms with Gasteiger partial charge < -0.3 is 10.1 Å². The number of hydrogen-bond donors (Lipinski definition) is 1. The van der Waals surface area contributed by atoms with Crippen molar-refractivity contribution >= 4 is 17.5 Å². The van der Waals surface area contributed by atoms with E-state index in [9.17, 15) is 0 Å². The average Bonchev–Trinajstić information content (AvgIpc) is 2.41. The summed E-state index contributed by atoms with van der Waals surface area (Å²) in [6, 6.07) is 7.95. The maximum atomic E-state index is 5.71. The van der Waals surface area contributed by atoms with Crippen LogP contribution in [0.15, 0.2) is 36.7 Å². The molecule has 5 heteroatoms. The number of methoxy groups -OCH3 is 1. The molecule has 0 spiro atoms. The van der Waals surface area contributed by atoms with Gasteiger partial charge >= 0.3 is 0 Å². The molecular formula is C13H14ClN3O. The van der Waals surface area contributed by atoms with E-state index in [-0.39, 0.29) is 0 Å². The molecule has 2 rings (SSSR count). The topological polar surface area (TPSA) is 47.0 Å². The fraction of sp³-hybridized carbons (Fsp3) is 0.231. The molecule has 4 nitrogen and oxygen atoms in total. The van der Waals surface area contributed by atoms with Crippen molar-refractivity contribution in [3.8, 4) is 5.75 Å². The molecule has 0 aliphatic carbocycles. The molecule has 1 heterocycles. The zero-order chi connectivity index (χ0) is 12.8. The second-order valence-electron chi connectivity index (χ2n) is 3.71. The summed E-state index contributed by atoms with van der Waals surface area (Å²) in [5.74, 6) is 1.48. The van der Waals surface area contributed by atoms with Gasteiger partial charge in [-0.25, -0.2) is 9.97 Å². The predicted molar refractivity (Wildman–Crippen MR) is 72.2 cm³/mol. The third-order valence-corrected chi connectivity index (χ3v) is 2.69. The Kier molecular flexibility index (Phi) is 4.36. The Morgan fingerprint density at radius 1 is 1.22 bits per heavy atom. The van der Waals surface area contributed by atoms with Crippen LogP contribution in [0.5, 0.6) is 5.75 Å². The standard InChI is InChI=1S/C13H14ClN3O/c1-18-12-5-3-2-4-10(12)6-7-15-13-16-8-11(14)9-17-13/h2-5,8-9H,6-7H2,1H3,(H,15,16,17). The minimum Gasteiger partial charge on any atom is -0.496 e. The van der Waals surface area contributed by atoms with Crippen LogP contribution in [-0.4, -0.2) is 23.6 Å². The molecule has 1 aromatic carbocycles. The molecule has 1 aromatic heterocycles. The highest BCUT2D eigenvalue weighted by Crippen LogP contribution is 2.17. The number of nitrogens with one attached hydrogen (secondary N) is 1. The molecule has 1 N–H and O–H groups in total. The van der Waals surface area contributed by atoms with E-state index in [0.717, 1.165) is 24.3 Å². The lowest BCUT2D eigenvalue weighted by Gasteiger charge is -2.08. The molecule has 0 fully saturated rings. The van der Waals surface area contributed by atoms with E-state index in [1.807, 2.05) is 24.3 Å². The van der Waals surface area contributed by atoms with Crippen LogP contribution in [0.3, 0.4) is 0 Å². The number of hydrogen-bond acceptors (Lipinski definition) is 4. The molecule has 0 saturated heterocycles. The third-order valence-electron chi connectivity index (χ3n) is 2.49. The Morgan fingerprint density at radius 3 is 2.67 bits per heavy atom. The molecule has 0 amide bonds. The van der Waals surface area contributed by atoms with Gasteiger partial charge in [0.25, 0.3) is 0 Å². The van der Waals surface area contributed by atoms with Crippen LogP contribution in [0, 0.1) is 0 Å². The van der Waals surface area contributed by atoms with E-state index in [0.29, 0.717) is 11.0 Å². The van der Waals surface area contributed by atoms with Crippen LogP contribution in [0.25, 0.3) is 0 Å². The number of ether oxygens (including phenoxy) is 1. The summed E-state index contributed by atoms with van der Waals surface area (Å²) < 4.78 is 5.29. The molecule has 94 valence electrons. The predicted octanol–water partition coefficient (Wildman–Crippen LogP) is 2.79. The molecule has 18 heavy (non-hydrogen) atoms. The van der Waals surface area contributed by atoms with Crippen molar-refractivity contribution in [3.05, 3.63) is 47.2 Å². The van der Waals surface area contributed by atoms with Crippen LogP contribution < -0.4 is 10.1 Å². The van der Waals surface area contributed by atoms with Gasteiger partial charge in [-0.05, 0) is 18.1 Å². The zero-order valence-electron chi connectivity index (χ0n) is 10.1. The Hall–Kier alpha value is -1.81. The number of para-hydroxylation sites is 1. The number of nitrogens with zero attached hydrogens (tertiary/aromatic N) is 2. The average molecular weight is 264 g/mol. The summed E-state index contributed by atoms with van der Waals surface area (Å²) >= 11 is 5.71. The van der Waals surface area contributed by atoms with E-state index in [2.05, 4.69) is 15.3 Å². The minimum atomic E-state index is 0.533. The highest BCUT2D eigenvalue weighted by molar-refractivity contribution is 6.30. The van der Waals surface area contributed by atoms with Gasteiger partial charge in [-0.1, -0.05) is 29.8 Å². The van der Waals surface area contributed by atoms with Gasteiger partial charge in [0.1, 0.15) is 5.75 Å². The lowest BCUT2D eigenvalue weighted by atomic mass is 10.1. The van der Waals surface area contributed by atoms with Gasteiger partial charge in [-0.15, -0.1) is 0 Å². The van der Waals surface area contributed by atoms with Gasteiger partial charge in [-0.3, -0.25) is 0 Å². The minimum absolute atomic E-state index is 0.533. The van der Waals surface area contributed by atoms with Gasteiger partial charge in [0.15, 0.2) is 0 Å². The monoisotopic (exact) mass is 263 g/mol. The van der Waals surface area contributed by atoms with Crippen LogP contribution >= 0.6 is 11.6 Å². The summed E-state index contributed by atoms with van der Waals surface area (Å²) in [4.78, 5) is 8.13. The molecule has 0 unspecified atom stereocenters. The molecule has 2 aromatic rings. The van der Waals surface area contributed by atoms with Crippen molar-refractivity contribution in [2.45, 2.75) is 6.42 Å². The highest BCUT2D eigenvalue weighted by atomic mass is 35.5. The van der Waals surface area contributed by atoms with E-state index < -0.39 is 0 Å². The number of benzene rings is 1. The van der Waals surface area contributed by atoms with Gasteiger partial charge in [0.05, 0.1) is 24.5 Å². The highest BCUT2D eigenvalue weighted by Gasteiger charge is 2.01. The second kappa shape index (κ2) is 6.21. The van der Waals surface area contributed by atoms with Crippen LogP contribution in [0.1, 0.15) is 5.56 Å². The first kappa shape index (κ1) is 12.6. The Balaban J connectivity index is 1.90. The maximum Gasteiger partial charge on any atom is 0.222 e. The molecule has 0 saturated carbocycles. The maximum absolute atomic E-state index is 5.71. The number of rotatable bonds is 5. The number of aromatic nitrogens is 2. The van der Waals surface area contributed by atoms with Crippen molar-refractivity contribution < 1.29 is 4.74 Å². The first-order valence-electron chi connectivity index (χ1n) is 5.63. The molecule has 0 aliphatic rings. The van der Waals surface area contributed by atoms with Gasteiger partial charge in [-0.2, -0.15) is 0 Å². The van der Waals surface area contributed by atoms with Gasteiger partial charge in [0, 0.05) is 6.54 Å². The lowest BCUT2D eigenvalue weighted by Crippen LogP contribution is -2.08. The van der Waals surface area contributed by atoms with E-state index in [1.165, 1.54) is 0 Å². The second-order valence-corrected chi connectivity index (χ2v) is 4.15. The SMILES string of the molecule is COc1ccccc1CCNc1ncc(Cl)cn1. The van der Waals surface area contributed by atoms with Crippen molar-refractivity contribution in [1.82, 2.24) is 9.97 Å². The quantitative estimate of drug-likeness (QED) is 0.901. The van der Waals surface area contributed by atoms with Crippen molar-refractivity contribution in [3.63, 3.8) is 0 Å².